The monoisotopic (exact) mass is 270 g/mol. The lowest BCUT2D eigenvalue weighted by Crippen LogP contribution is -2.47. The maximum atomic E-state index is 5.51. The van der Waals surface area contributed by atoms with Crippen LogP contribution in [0.2, 0.25) is 0 Å². The highest BCUT2D eigenvalue weighted by molar-refractivity contribution is 8.14. The summed E-state index contributed by atoms with van der Waals surface area (Å²) in [5.41, 5.74) is 0.347. The Bertz CT molecular complexity index is 306. The van der Waals surface area contributed by atoms with Crippen LogP contribution < -0.4 is 5.32 Å². The molecule has 1 N–H and O–H groups in total. The van der Waals surface area contributed by atoms with E-state index >= 15 is 0 Å². The van der Waals surface area contributed by atoms with E-state index in [1.54, 1.807) is 0 Å². The van der Waals surface area contributed by atoms with Gasteiger partial charge in [-0.1, -0.05) is 31.5 Å². The molecule has 1 aliphatic carbocycles. The van der Waals surface area contributed by atoms with E-state index in [0.717, 1.165) is 24.2 Å². The minimum Gasteiger partial charge on any atom is -0.377 e. The molecule has 2 aliphatic rings. The Morgan fingerprint density at radius 1 is 1.56 bits per heavy atom. The Kier molecular flexibility index (Phi) is 4.96. The largest absolute Gasteiger partial charge is 0.377 e. The van der Waals surface area contributed by atoms with Crippen molar-refractivity contribution in [3.8, 4) is 0 Å². The molecule has 4 heteroatoms. The molecule has 0 bridgehead atoms. The molecular weight excluding hydrogens is 244 g/mol. The van der Waals surface area contributed by atoms with E-state index in [0.29, 0.717) is 11.6 Å². The van der Waals surface area contributed by atoms with Crippen molar-refractivity contribution in [1.29, 1.82) is 0 Å². The summed E-state index contributed by atoms with van der Waals surface area (Å²) >= 11 is 1.89. The number of amidine groups is 1. The first-order valence-corrected chi connectivity index (χ1v) is 8.15. The van der Waals surface area contributed by atoms with Gasteiger partial charge in [0.2, 0.25) is 0 Å². The summed E-state index contributed by atoms with van der Waals surface area (Å²) in [6.07, 6.45) is 5.68. The predicted octanol–water partition coefficient (Wildman–Crippen LogP) is 3.05. The van der Waals surface area contributed by atoms with E-state index in [-0.39, 0.29) is 0 Å². The summed E-state index contributed by atoms with van der Waals surface area (Å²) in [5.74, 6) is 2.05. The summed E-state index contributed by atoms with van der Waals surface area (Å²) in [5, 5.41) is 4.82. The van der Waals surface area contributed by atoms with Crippen molar-refractivity contribution in [2.45, 2.75) is 58.1 Å². The zero-order chi connectivity index (χ0) is 13.0. The number of rotatable bonds is 4. The van der Waals surface area contributed by atoms with Gasteiger partial charge in [-0.05, 0) is 32.6 Å². The third-order valence-electron chi connectivity index (χ3n) is 3.75. The molecule has 0 aromatic heterocycles. The highest BCUT2D eigenvalue weighted by Crippen LogP contribution is 2.38. The van der Waals surface area contributed by atoms with Crippen LogP contribution in [0, 0.1) is 5.92 Å². The summed E-state index contributed by atoms with van der Waals surface area (Å²) in [6.45, 7) is 8.01. The molecule has 2 rings (SSSR count). The van der Waals surface area contributed by atoms with Gasteiger partial charge >= 0.3 is 0 Å². The first-order valence-electron chi connectivity index (χ1n) is 7.17. The van der Waals surface area contributed by atoms with Gasteiger partial charge in [-0.15, -0.1) is 0 Å². The molecular formula is C14H26N2OS. The van der Waals surface area contributed by atoms with Gasteiger partial charge in [0.1, 0.15) is 0 Å². The Morgan fingerprint density at radius 2 is 2.39 bits per heavy atom. The lowest BCUT2D eigenvalue weighted by atomic mass is 9.78. The normalized spacial score (nSPS) is 34.4. The fraction of sp³-hybridized carbons (Fsp3) is 0.929. The zero-order valence-electron chi connectivity index (χ0n) is 11.9. The third kappa shape index (κ3) is 3.89. The first-order chi connectivity index (χ1) is 8.60. The predicted molar refractivity (Wildman–Crippen MR) is 79.3 cm³/mol. The smallest absolute Gasteiger partial charge is 0.157 e. The number of hydrogen-bond donors (Lipinski definition) is 1. The maximum absolute atomic E-state index is 5.51. The second-order valence-electron chi connectivity index (χ2n) is 6.00. The van der Waals surface area contributed by atoms with Crippen LogP contribution >= 0.6 is 11.8 Å². The van der Waals surface area contributed by atoms with Crippen LogP contribution in [0.15, 0.2) is 4.99 Å². The Morgan fingerprint density at radius 3 is 3.11 bits per heavy atom. The molecule has 104 valence electrons. The van der Waals surface area contributed by atoms with Crippen LogP contribution in [0.1, 0.15) is 46.5 Å². The van der Waals surface area contributed by atoms with E-state index < -0.39 is 0 Å². The number of thioether (sulfide) groups is 1. The van der Waals surface area contributed by atoms with E-state index in [9.17, 15) is 0 Å². The quantitative estimate of drug-likeness (QED) is 0.797. The minimum absolute atomic E-state index is 0.305. The van der Waals surface area contributed by atoms with Crippen LogP contribution in [0.3, 0.4) is 0 Å². The molecule has 2 fully saturated rings. The van der Waals surface area contributed by atoms with Crippen LogP contribution in [-0.4, -0.2) is 35.7 Å². The Labute approximate surface area is 115 Å². The lowest BCUT2D eigenvalue weighted by molar-refractivity contribution is 0.0853. The topological polar surface area (TPSA) is 33.6 Å². The van der Waals surface area contributed by atoms with Crippen molar-refractivity contribution in [2.75, 3.05) is 18.9 Å². The zero-order valence-corrected chi connectivity index (χ0v) is 12.7. The van der Waals surface area contributed by atoms with Gasteiger partial charge in [-0.25, -0.2) is 0 Å². The molecule has 1 saturated heterocycles. The number of hydrogen-bond acceptors (Lipinski definition) is 3. The van der Waals surface area contributed by atoms with Crippen LogP contribution in [0.5, 0.6) is 0 Å². The lowest BCUT2D eigenvalue weighted by Gasteiger charge is -2.36. The standard InChI is InChI=1S/C14H26N2OS/c1-11(2)17-8-7-15-13-16-14(10-18-13)6-4-5-12(3)9-14/h11-12H,4-10H2,1-3H3,(H,15,16). The SMILES string of the molecule is CC1CCCC2(CSC(=NCCOC(C)C)N2)C1. The molecule has 18 heavy (non-hydrogen) atoms. The fourth-order valence-electron chi connectivity index (χ4n) is 2.93. The number of aliphatic imine (C=N–C) groups is 1. The van der Waals surface area contributed by atoms with Crippen molar-refractivity contribution >= 4 is 16.9 Å². The molecule has 0 amide bonds. The molecule has 1 heterocycles. The van der Waals surface area contributed by atoms with Crippen LogP contribution in [0.4, 0.5) is 0 Å². The van der Waals surface area contributed by atoms with Gasteiger partial charge in [0.15, 0.2) is 5.17 Å². The Hall–Kier alpha value is -0.220. The maximum Gasteiger partial charge on any atom is 0.157 e. The average Bonchev–Trinajstić information content (AvgIpc) is 2.67. The van der Waals surface area contributed by atoms with Crippen LogP contribution in [-0.2, 0) is 4.74 Å². The van der Waals surface area contributed by atoms with E-state index in [1.165, 1.54) is 31.4 Å². The molecule has 3 nitrogen and oxygen atoms in total. The van der Waals surface area contributed by atoms with Crippen molar-refractivity contribution in [3.05, 3.63) is 0 Å². The van der Waals surface area contributed by atoms with Crippen LogP contribution in [0.25, 0.3) is 0 Å². The third-order valence-corrected chi connectivity index (χ3v) is 4.95. The fourth-order valence-corrected chi connectivity index (χ4v) is 4.15. The van der Waals surface area contributed by atoms with Gasteiger partial charge < -0.3 is 10.1 Å². The highest BCUT2D eigenvalue weighted by atomic mass is 32.2. The molecule has 1 spiro atoms. The van der Waals surface area contributed by atoms with Crippen molar-refractivity contribution in [1.82, 2.24) is 5.32 Å². The molecule has 1 saturated carbocycles. The molecule has 0 aromatic carbocycles. The van der Waals surface area contributed by atoms with E-state index in [2.05, 4.69) is 31.1 Å². The second kappa shape index (κ2) is 6.29. The minimum atomic E-state index is 0.305. The summed E-state index contributed by atoms with van der Waals surface area (Å²) < 4.78 is 5.51. The number of ether oxygens (including phenoxy) is 1. The van der Waals surface area contributed by atoms with Gasteiger partial charge in [-0.3, -0.25) is 4.99 Å². The van der Waals surface area contributed by atoms with Gasteiger partial charge in [-0.2, -0.15) is 0 Å². The molecule has 0 radical (unpaired) electrons. The summed E-state index contributed by atoms with van der Waals surface area (Å²) in [6, 6.07) is 0. The Balaban J connectivity index is 1.78. The van der Waals surface area contributed by atoms with Gasteiger partial charge in [0.05, 0.1) is 19.3 Å². The average molecular weight is 270 g/mol. The van der Waals surface area contributed by atoms with E-state index in [1.807, 2.05) is 11.8 Å². The first kappa shape index (κ1) is 14.2. The summed E-state index contributed by atoms with van der Waals surface area (Å²) in [7, 11) is 0. The molecule has 2 unspecified atom stereocenters. The molecule has 1 aliphatic heterocycles. The number of nitrogens with zero attached hydrogens (tertiary/aromatic N) is 1. The molecule has 2 atom stereocenters. The highest BCUT2D eigenvalue weighted by Gasteiger charge is 2.40. The van der Waals surface area contributed by atoms with Gasteiger partial charge in [0.25, 0.3) is 0 Å². The summed E-state index contributed by atoms with van der Waals surface area (Å²) in [4.78, 5) is 4.61. The van der Waals surface area contributed by atoms with E-state index in [4.69, 9.17) is 4.74 Å². The molecule has 0 aromatic rings. The van der Waals surface area contributed by atoms with Crippen molar-refractivity contribution in [2.24, 2.45) is 10.9 Å². The van der Waals surface area contributed by atoms with Gasteiger partial charge in [0, 0.05) is 11.3 Å². The van der Waals surface area contributed by atoms with Crippen molar-refractivity contribution in [3.63, 3.8) is 0 Å². The second-order valence-corrected chi connectivity index (χ2v) is 6.97. The van der Waals surface area contributed by atoms with Crippen molar-refractivity contribution < 1.29 is 4.74 Å². The number of nitrogens with one attached hydrogen (secondary N) is 1.